The van der Waals surface area contributed by atoms with Crippen LogP contribution in [0.4, 0.5) is 0 Å². The Morgan fingerprint density at radius 1 is 1.15 bits per heavy atom. The van der Waals surface area contributed by atoms with E-state index in [2.05, 4.69) is 10.1 Å². The number of hydrogen-bond donors (Lipinski definition) is 1. The molecule has 20 heavy (non-hydrogen) atoms. The van der Waals surface area contributed by atoms with E-state index in [1.165, 1.54) is 0 Å². The molecular formula is C15H12N3OS+. The number of hydrogen-bond acceptors (Lipinski definition) is 4. The third-order valence-corrected chi connectivity index (χ3v) is 4.73. The van der Waals surface area contributed by atoms with Crippen molar-refractivity contribution in [3.05, 3.63) is 60.4 Å². The maximum Gasteiger partial charge on any atom is 0.332 e. The van der Waals surface area contributed by atoms with E-state index in [-0.39, 0.29) is 0 Å². The van der Waals surface area contributed by atoms with E-state index in [4.69, 9.17) is 0 Å². The SMILES string of the molecule is OC1(c2ccccc2)CSc2c3ncccc3cn[n+]21. The molecular weight excluding hydrogens is 270 g/mol. The fourth-order valence-corrected chi connectivity index (χ4v) is 3.76. The minimum atomic E-state index is -1.10. The molecule has 0 fully saturated rings. The molecule has 0 saturated heterocycles. The molecule has 0 amide bonds. The first-order valence-electron chi connectivity index (χ1n) is 6.36. The summed E-state index contributed by atoms with van der Waals surface area (Å²) in [6.07, 6.45) is 3.52. The molecule has 1 aromatic carbocycles. The summed E-state index contributed by atoms with van der Waals surface area (Å²) in [5.41, 5.74) is 0.630. The number of benzene rings is 1. The van der Waals surface area contributed by atoms with E-state index >= 15 is 0 Å². The van der Waals surface area contributed by atoms with Gasteiger partial charge in [-0.15, -0.1) is 0 Å². The van der Waals surface area contributed by atoms with Gasteiger partial charge < -0.3 is 5.11 Å². The number of rotatable bonds is 1. The van der Waals surface area contributed by atoms with Crippen molar-refractivity contribution in [2.45, 2.75) is 10.8 Å². The van der Waals surface area contributed by atoms with Crippen LogP contribution < -0.4 is 4.68 Å². The summed E-state index contributed by atoms with van der Waals surface area (Å²) in [6.45, 7) is 0. The maximum atomic E-state index is 11.0. The molecule has 1 N–H and O–H groups in total. The van der Waals surface area contributed by atoms with Crippen molar-refractivity contribution < 1.29 is 9.79 Å². The third kappa shape index (κ3) is 1.57. The van der Waals surface area contributed by atoms with Gasteiger partial charge in [0.1, 0.15) is 11.9 Å². The molecule has 4 nitrogen and oxygen atoms in total. The van der Waals surface area contributed by atoms with Crippen LogP contribution in [0, 0.1) is 0 Å². The zero-order chi connectivity index (χ0) is 13.6. The lowest BCUT2D eigenvalue weighted by Crippen LogP contribution is -2.58. The lowest BCUT2D eigenvalue weighted by Gasteiger charge is -2.14. The Kier molecular flexibility index (Phi) is 2.52. The van der Waals surface area contributed by atoms with Gasteiger partial charge in [0.15, 0.2) is 5.52 Å². The minimum Gasteiger partial charge on any atom is -0.328 e. The van der Waals surface area contributed by atoms with Gasteiger partial charge in [0.05, 0.1) is 5.56 Å². The van der Waals surface area contributed by atoms with E-state index in [9.17, 15) is 5.11 Å². The second-order valence-electron chi connectivity index (χ2n) is 4.77. The molecule has 0 aliphatic carbocycles. The first kappa shape index (κ1) is 11.8. The highest BCUT2D eigenvalue weighted by Crippen LogP contribution is 2.35. The molecule has 5 heteroatoms. The van der Waals surface area contributed by atoms with E-state index in [0.29, 0.717) is 5.75 Å². The van der Waals surface area contributed by atoms with Crippen LogP contribution in [0.2, 0.25) is 0 Å². The summed E-state index contributed by atoms with van der Waals surface area (Å²) in [5.74, 6) is 0.541. The number of pyridine rings is 1. The summed E-state index contributed by atoms with van der Waals surface area (Å²) >= 11 is 1.59. The van der Waals surface area contributed by atoms with Crippen molar-refractivity contribution in [1.82, 2.24) is 10.1 Å². The van der Waals surface area contributed by atoms with Crippen molar-refractivity contribution in [1.29, 1.82) is 0 Å². The summed E-state index contributed by atoms with van der Waals surface area (Å²) in [6, 6.07) is 13.5. The monoisotopic (exact) mass is 282 g/mol. The standard InChI is InChI=1S/C15H12N3OS/c19-15(12-6-2-1-3-7-12)10-20-14-13-11(5-4-8-16-13)9-17-18(14)15/h1-9,19H,10H2/q+1. The van der Waals surface area contributed by atoms with Crippen LogP contribution in [-0.4, -0.2) is 20.9 Å². The first-order valence-corrected chi connectivity index (χ1v) is 7.35. The van der Waals surface area contributed by atoms with Gasteiger partial charge in [0, 0.05) is 11.6 Å². The minimum absolute atomic E-state index is 0.541. The topological polar surface area (TPSA) is 49.9 Å². The van der Waals surface area contributed by atoms with Gasteiger partial charge in [-0.25, -0.2) is 4.98 Å². The van der Waals surface area contributed by atoms with Crippen molar-refractivity contribution in [3.8, 4) is 0 Å². The van der Waals surface area contributed by atoms with E-state index in [1.807, 2.05) is 42.5 Å². The average molecular weight is 282 g/mol. The zero-order valence-electron chi connectivity index (χ0n) is 10.6. The van der Waals surface area contributed by atoms with Crippen LogP contribution in [0.5, 0.6) is 0 Å². The second kappa shape index (κ2) is 4.26. The fraction of sp³-hybridized carbons (Fsp3) is 0.133. The highest BCUT2D eigenvalue weighted by atomic mass is 32.2. The van der Waals surface area contributed by atoms with Crippen LogP contribution in [-0.2, 0) is 5.72 Å². The second-order valence-corrected chi connectivity index (χ2v) is 5.74. The smallest absolute Gasteiger partial charge is 0.328 e. The van der Waals surface area contributed by atoms with Crippen molar-refractivity contribution in [2.75, 3.05) is 5.75 Å². The summed E-state index contributed by atoms with van der Waals surface area (Å²) in [7, 11) is 0. The summed E-state index contributed by atoms with van der Waals surface area (Å²) in [5, 5.41) is 17.3. The van der Waals surface area contributed by atoms with Gasteiger partial charge in [0.25, 0.3) is 5.03 Å². The van der Waals surface area contributed by atoms with Gasteiger partial charge >= 0.3 is 5.72 Å². The summed E-state index contributed by atoms with van der Waals surface area (Å²) < 4.78 is 1.68. The van der Waals surface area contributed by atoms with Crippen LogP contribution in [0.3, 0.4) is 0 Å². The molecule has 1 atom stereocenters. The molecule has 98 valence electrons. The number of nitrogens with zero attached hydrogens (tertiary/aromatic N) is 3. The fourth-order valence-electron chi connectivity index (χ4n) is 2.51. The molecule has 1 aliphatic heterocycles. The van der Waals surface area contributed by atoms with Crippen LogP contribution in [0.1, 0.15) is 5.56 Å². The Bertz CT molecular complexity index is 793. The van der Waals surface area contributed by atoms with Gasteiger partial charge in [0.2, 0.25) is 0 Å². The maximum absolute atomic E-state index is 11.0. The average Bonchev–Trinajstić information content (AvgIpc) is 2.87. The van der Waals surface area contributed by atoms with Crippen molar-refractivity contribution in [2.24, 2.45) is 0 Å². The van der Waals surface area contributed by atoms with Gasteiger partial charge in [-0.1, -0.05) is 18.2 Å². The number of thioether (sulfide) groups is 1. The van der Waals surface area contributed by atoms with Gasteiger partial charge in [-0.3, -0.25) is 0 Å². The predicted octanol–water partition coefficient (Wildman–Crippen LogP) is 1.72. The Morgan fingerprint density at radius 3 is 2.85 bits per heavy atom. The normalized spacial score (nSPS) is 21.1. The summed E-state index contributed by atoms with van der Waals surface area (Å²) in [4.78, 5) is 4.42. The van der Waals surface area contributed by atoms with Crippen molar-refractivity contribution in [3.63, 3.8) is 0 Å². The highest BCUT2D eigenvalue weighted by Gasteiger charge is 2.51. The van der Waals surface area contributed by atoms with Gasteiger partial charge in [-0.2, -0.15) is 0 Å². The molecule has 0 radical (unpaired) electrons. The largest absolute Gasteiger partial charge is 0.332 e. The predicted molar refractivity (Wildman–Crippen MR) is 76.2 cm³/mol. The van der Waals surface area contributed by atoms with E-state index in [0.717, 1.165) is 21.5 Å². The van der Waals surface area contributed by atoms with Gasteiger partial charge in [-0.05, 0) is 45.8 Å². The van der Waals surface area contributed by atoms with Crippen LogP contribution in [0.25, 0.3) is 10.9 Å². The Balaban J connectivity index is 1.97. The van der Waals surface area contributed by atoms with E-state index < -0.39 is 5.72 Å². The Hall–Kier alpha value is -1.98. The quantitative estimate of drug-likeness (QED) is 0.690. The lowest BCUT2D eigenvalue weighted by atomic mass is 10.1. The van der Waals surface area contributed by atoms with Crippen LogP contribution in [0.15, 0.2) is 59.9 Å². The van der Waals surface area contributed by atoms with E-state index in [1.54, 1.807) is 28.8 Å². The molecule has 2 aromatic heterocycles. The molecule has 1 unspecified atom stereocenters. The molecule has 0 saturated carbocycles. The molecule has 0 bridgehead atoms. The Labute approximate surface area is 120 Å². The molecule has 0 spiro atoms. The molecule has 3 aromatic rings. The Morgan fingerprint density at radius 2 is 2.00 bits per heavy atom. The molecule has 4 rings (SSSR count). The number of aromatic nitrogens is 3. The highest BCUT2D eigenvalue weighted by molar-refractivity contribution is 7.99. The van der Waals surface area contributed by atoms with Crippen LogP contribution >= 0.6 is 11.8 Å². The number of aliphatic hydroxyl groups is 1. The zero-order valence-corrected chi connectivity index (χ0v) is 11.4. The van der Waals surface area contributed by atoms with Crippen molar-refractivity contribution >= 4 is 22.7 Å². The third-order valence-electron chi connectivity index (χ3n) is 3.54. The lowest BCUT2D eigenvalue weighted by molar-refractivity contribution is -0.859. The molecule has 3 heterocycles. The number of fused-ring (bicyclic) bond motifs is 3. The first-order chi connectivity index (χ1) is 9.79. The molecule has 1 aliphatic rings.